The first-order valence-corrected chi connectivity index (χ1v) is 8.75. The summed E-state index contributed by atoms with van der Waals surface area (Å²) in [7, 11) is 0. The summed E-state index contributed by atoms with van der Waals surface area (Å²) in [6, 6.07) is 0.665. The Bertz CT molecular complexity index is 238. The van der Waals surface area contributed by atoms with Crippen molar-refractivity contribution in [2.75, 3.05) is 6.54 Å². The van der Waals surface area contributed by atoms with Crippen molar-refractivity contribution in [2.45, 2.75) is 91.0 Å². The predicted octanol–water partition coefficient (Wildman–Crippen LogP) is 5.46. The summed E-state index contributed by atoms with van der Waals surface area (Å²) in [6.45, 7) is 8.12. The van der Waals surface area contributed by atoms with Gasteiger partial charge in [-0.1, -0.05) is 51.7 Å². The van der Waals surface area contributed by atoms with E-state index in [1.54, 1.807) is 5.57 Å². The first kappa shape index (κ1) is 16.8. The van der Waals surface area contributed by atoms with Crippen molar-refractivity contribution < 1.29 is 0 Å². The number of nitrogens with one attached hydrogen (secondary N) is 1. The van der Waals surface area contributed by atoms with E-state index in [2.05, 4.69) is 32.2 Å². The van der Waals surface area contributed by atoms with Gasteiger partial charge in [-0.2, -0.15) is 0 Å². The zero-order chi connectivity index (χ0) is 13.9. The molecule has 1 nitrogen and oxygen atoms in total. The smallest absolute Gasteiger partial charge is 0.0307 e. The topological polar surface area (TPSA) is 12.0 Å². The number of allylic oxidation sites excluding steroid dienone is 1. The molecule has 0 radical (unpaired) electrons. The molecule has 1 heteroatoms. The van der Waals surface area contributed by atoms with Gasteiger partial charge in [0.15, 0.2) is 0 Å². The third kappa shape index (κ3) is 6.12. The third-order valence-corrected chi connectivity index (χ3v) is 4.38. The van der Waals surface area contributed by atoms with Crippen LogP contribution in [0.25, 0.3) is 0 Å². The van der Waals surface area contributed by atoms with Gasteiger partial charge in [-0.25, -0.2) is 0 Å². The molecule has 1 atom stereocenters. The molecule has 0 bridgehead atoms. The average molecular weight is 265 g/mol. The minimum atomic E-state index is 0.665. The summed E-state index contributed by atoms with van der Waals surface area (Å²) >= 11 is 0. The second-order valence-corrected chi connectivity index (χ2v) is 6.15. The maximum absolute atomic E-state index is 3.87. The van der Waals surface area contributed by atoms with E-state index in [9.17, 15) is 0 Å². The van der Waals surface area contributed by atoms with Gasteiger partial charge < -0.3 is 5.32 Å². The van der Waals surface area contributed by atoms with Crippen LogP contribution in [0.3, 0.4) is 0 Å². The van der Waals surface area contributed by atoms with Crippen LogP contribution < -0.4 is 5.32 Å². The Kier molecular flexibility index (Phi) is 9.24. The van der Waals surface area contributed by atoms with E-state index in [1.807, 2.05) is 0 Å². The second-order valence-electron chi connectivity index (χ2n) is 6.15. The van der Waals surface area contributed by atoms with Crippen LogP contribution in [0, 0.1) is 5.92 Å². The van der Waals surface area contributed by atoms with Gasteiger partial charge in [0, 0.05) is 6.04 Å². The van der Waals surface area contributed by atoms with Crippen LogP contribution in [0.15, 0.2) is 11.6 Å². The molecule has 112 valence electrons. The highest BCUT2D eigenvalue weighted by Crippen LogP contribution is 2.28. The summed E-state index contributed by atoms with van der Waals surface area (Å²) in [5, 5.41) is 3.87. The third-order valence-electron chi connectivity index (χ3n) is 4.38. The van der Waals surface area contributed by atoms with Gasteiger partial charge in [-0.05, 0) is 57.4 Å². The molecule has 0 heterocycles. The van der Waals surface area contributed by atoms with Gasteiger partial charge in [-0.3, -0.25) is 0 Å². The van der Waals surface area contributed by atoms with Crippen LogP contribution in [-0.4, -0.2) is 12.6 Å². The summed E-state index contributed by atoms with van der Waals surface area (Å²) in [6.07, 6.45) is 16.1. The normalized spacial score (nSPS) is 18.2. The Morgan fingerprint density at radius 1 is 1.00 bits per heavy atom. The number of rotatable bonds is 9. The van der Waals surface area contributed by atoms with E-state index in [-0.39, 0.29) is 0 Å². The zero-order valence-corrected chi connectivity index (χ0v) is 13.5. The molecule has 0 fully saturated rings. The lowest BCUT2D eigenvalue weighted by Crippen LogP contribution is -2.38. The molecule has 0 aromatic heterocycles. The predicted molar refractivity (Wildman–Crippen MR) is 86.6 cm³/mol. The Balaban J connectivity index is 2.73. The maximum atomic E-state index is 3.87. The highest BCUT2D eigenvalue weighted by molar-refractivity contribution is 5.14. The highest BCUT2D eigenvalue weighted by atomic mass is 14.9. The summed E-state index contributed by atoms with van der Waals surface area (Å²) in [5.74, 6) is 0.853. The van der Waals surface area contributed by atoms with E-state index in [0.29, 0.717) is 6.04 Å². The highest BCUT2D eigenvalue weighted by Gasteiger charge is 2.23. The number of hydrogen-bond donors (Lipinski definition) is 1. The molecule has 0 amide bonds. The number of hydrogen-bond acceptors (Lipinski definition) is 1. The second kappa shape index (κ2) is 10.5. The molecule has 0 spiro atoms. The van der Waals surface area contributed by atoms with Crippen LogP contribution >= 0.6 is 0 Å². The van der Waals surface area contributed by atoms with Gasteiger partial charge in [0.25, 0.3) is 0 Å². The lowest BCUT2D eigenvalue weighted by molar-refractivity contribution is 0.336. The molecule has 19 heavy (non-hydrogen) atoms. The van der Waals surface area contributed by atoms with Crippen molar-refractivity contribution in [1.82, 2.24) is 5.32 Å². The molecular weight excluding hydrogens is 230 g/mol. The monoisotopic (exact) mass is 265 g/mol. The summed E-state index contributed by atoms with van der Waals surface area (Å²) < 4.78 is 0. The van der Waals surface area contributed by atoms with Gasteiger partial charge in [-0.15, -0.1) is 0 Å². The summed E-state index contributed by atoms with van der Waals surface area (Å²) in [5.41, 5.74) is 1.73. The molecule has 1 N–H and O–H groups in total. The molecule has 1 aliphatic carbocycles. The van der Waals surface area contributed by atoms with E-state index < -0.39 is 0 Å². The lowest BCUT2D eigenvalue weighted by Gasteiger charge is -2.30. The molecule has 1 unspecified atom stereocenters. The largest absolute Gasteiger partial charge is 0.310 e. The van der Waals surface area contributed by atoms with Crippen molar-refractivity contribution in [3.63, 3.8) is 0 Å². The SMILES string of the molecule is CCCNC(C1=CCCCCC1)C(CCC)CCC. The van der Waals surface area contributed by atoms with Gasteiger partial charge >= 0.3 is 0 Å². The van der Waals surface area contributed by atoms with Crippen molar-refractivity contribution in [3.05, 3.63) is 11.6 Å². The van der Waals surface area contributed by atoms with Crippen LogP contribution in [0.4, 0.5) is 0 Å². The molecule has 0 saturated heterocycles. The van der Waals surface area contributed by atoms with Crippen molar-refractivity contribution in [2.24, 2.45) is 5.92 Å². The first-order chi connectivity index (χ1) is 9.33. The minimum absolute atomic E-state index is 0.665. The average Bonchev–Trinajstić information content (AvgIpc) is 2.69. The fourth-order valence-corrected chi connectivity index (χ4v) is 3.44. The van der Waals surface area contributed by atoms with Gasteiger partial charge in [0.1, 0.15) is 0 Å². The first-order valence-electron chi connectivity index (χ1n) is 8.75. The quantitative estimate of drug-likeness (QED) is 0.546. The van der Waals surface area contributed by atoms with Crippen LogP contribution in [0.5, 0.6) is 0 Å². The van der Waals surface area contributed by atoms with Gasteiger partial charge in [0.05, 0.1) is 0 Å². The van der Waals surface area contributed by atoms with Crippen LogP contribution in [0.1, 0.15) is 85.0 Å². The maximum Gasteiger partial charge on any atom is 0.0307 e. The minimum Gasteiger partial charge on any atom is -0.310 e. The van der Waals surface area contributed by atoms with Crippen LogP contribution in [0.2, 0.25) is 0 Å². The Morgan fingerprint density at radius 2 is 1.74 bits per heavy atom. The molecule has 0 aliphatic heterocycles. The van der Waals surface area contributed by atoms with E-state index >= 15 is 0 Å². The molecule has 0 aromatic rings. The van der Waals surface area contributed by atoms with Crippen LogP contribution in [-0.2, 0) is 0 Å². The van der Waals surface area contributed by atoms with Crippen molar-refractivity contribution in [1.29, 1.82) is 0 Å². The Labute approximate surface area is 121 Å². The zero-order valence-electron chi connectivity index (χ0n) is 13.5. The molecular formula is C18H35N. The Morgan fingerprint density at radius 3 is 2.37 bits per heavy atom. The Hall–Kier alpha value is -0.300. The summed E-state index contributed by atoms with van der Waals surface area (Å²) in [4.78, 5) is 0. The van der Waals surface area contributed by atoms with Crippen molar-refractivity contribution >= 4 is 0 Å². The van der Waals surface area contributed by atoms with Crippen molar-refractivity contribution in [3.8, 4) is 0 Å². The van der Waals surface area contributed by atoms with E-state index in [1.165, 1.54) is 70.8 Å². The molecule has 0 aromatic carbocycles. The lowest BCUT2D eigenvalue weighted by atomic mass is 9.84. The molecule has 1 aliphatic rings. The molecule has 0 saturated carbocycles. The fourth-order valence-electron chi connectivity index (χ4n) is 3.44. The van der Waals surface area contributed by atoms with E-state index in [4.69, 9.17) is 0 Å². The standard InChI is InChI=1S/C18H35N/c1-4-11-16(12-5-2)18(19-15-6-3)17-13-9-7-8-10-14-17/h13,16,18-19H,4-12,14-15H2,1-3H3. The van der Waals surface area contributed by atoms with Gasteiger partial charge in [0.2, 0.25) is 0 Å². The van der Waals surface area contributed by atoms with E-state index in [0.717, 1.165) is 5.92 Å². The fraction of sp³-hybridized carbons (Fsp3) is 0.889. The molecule has 1 rings (SSSR count).